The lowest BCUT2D eigenvalue weighted by atomic mass is 10.2. The van der Waals surface area contributed by atoms with Gasteiger partial charge in [0.1, 0.15) is 0 Å². The van der Waals surface area contributed by atoms with Gasteiger partial charge in [-0.15, -0.1) is 0 Å². The van der Waals surface area contributed by atoms with Gasteiger partial charge in [0.15, 0.2) is 5.82 Å². The van der Waals surface area contributed by atoms with E-state index in [2.05, 4.69) is 20.3 Å². The van der Waals surface area contributed by atoms with Crippen LogP contribution in [0, 0.1) is 6.92 Å². The Hall–Kier alpha value is -1.73. The fourth-order valence-electron chi connectivity index (χ4n) is 1.49. The molecule has 2 rings (SSSR count). The third-order valence-corrected chi connectivity index (χ3v) is 2.48. The second-order valence-electron chi connectivity index (χ2n) is 4.05. The van der Waals surface area contributed by atoms with Gasteiger partial charge < -0.3 is 15.0 Å². The number of hydrogen-bond acceptors (Lipinski definition) is 6. The Morgan fingerprint density at radius 3 is 3.06 bits per heavy atom. The molecular formula is C11H17N5O2. The highest BCUT2D eigenvalue weighted by molar-refractivity contribution is 5.54. The Morgan fingerprint density at radius 2 is 2.39 bits per heavy atom. The lowest BCUT2D eigenvalue weighted by Crippen LogP contribution is -2.18. The number of rotatable bonds is 6. The number of ether oxygens (including phenoxy) is 1. The summed E-state index contributed by atoms with van der Waals surface area (Å²) >= 11 is 0. The molecule has 3 N–H and O–H groups in total. The highest BCUT2D eigenvalue weighted by atomic mass is 16.5. The lowest BCUT2D eigenvalue weighted by molar-refractivity contribution is 0.119. The number of aromatic nitrogens is 4. The molecule has 0 amide bonds. The highest BCUT2D eigenvalue weighted by Crippen LogP contribution is 2.20. The maximum absolute atomic E-state index is 5.91. The first kappa shape index (κ1) is 12.7. The van der Waals surface area contributed by atoms with E-state index in [4.69, 9.17) is 15.0 Å². The van der Waals surface area contributed by atoms with Gasteiger partial charge in [0.2, 0.25) is 0 Å². The van der Waals surface area contributed by atoms with Crippen molar-refractivity contribution in [2.24, 2.45) is 5.73 Å². The molecule has 18 heavy (non-hydrogen) atoms. The Balaban J connectivity index is 2.04. The van der Waals surface area contributed by atoms with E-state index in [0.29, 0.717) is 24.9 Å². The molecule has 2 aromatic rings. The molecule has 7 heteroatoms. The van der Waals surface area contributed by atoms with Crippen molar-refractivity contribution in [1.82, 2.24) is 20.3 Å². The Kier molecular flexibility index (Phi) is 4.06. The molecule has 98 valence electrons. The first-order chi connectivity index (χ1) is 8.72. The topological polar surface area (TPSA) is 103 Å². The molecule has 0 bridgehead atoms. The van der Waals surface area contributed by atoms with Gasteiger partial charge in [-0.3, -0.25) is 5.10 Å². The number of nitrogens with zero attached hydrogens (tertiary/aromatic N) is 3. The summed E-state index contributed by atoms with van der Waals surface area (Å²) in [5, 5.41) is 10.6. The van der Waals surface area contributed by atoms with E-state index < -0.39 is 0 Å². The minimum absolute atomic E-state index is 0.374. The molecule has 2 aromatic heterocycles. The lowest BCUT2D eigenvalue weighted by Gasteiger charge is -2.06. The first-order valence-electron chi connectivity index (χ1n) is 5.89. The number of nitrogens with one attached hydrogen (secondary N) is 1. The second-order valence-corrected chi connectivity index (χ2v) is 4.05. The molecule has 7 nitrogen and oxygen atoms in total. The van der Waals surface area contributed by atoms with Crippen molar-refractivity contribution in [3.8, 4) is 11.5 Å². The fraction of sp³-hybridized carbons (Fsp3) is 0.545. The van der Waals surface area contributed by atoms with E-state index in [0.717, 1.165) is 17.7 Å². The second kappa shape index (κ2) is 5.74. The number of aryl methyl sites for hydroxylation is 1. The maximum Gasteiger partial charge on any atom is 0.261 e. The maximum atomic E-state index is 5.91. The van der Waals surface area contributed by atoms with E-state index >= 15 is 0 Å². The predicted octanol–water partition coefficient (Wildman–Crippen LogP) is 1.19. The largest absolute Gasteiger partial charge is 0.379 e. The molecule has 0 fully saturated rings. The van der Waals surface area contributed by atoms with Crippen molar-refractivity contribution in [3.63, 3.8) is 0 Å². The van der Waals surface area contributed by atoms with Crippen LogP contribution in [0.4, 0.5) is 0 Å². The highest BCUT2D eigenvalue weighted by Gasteiger charge is 2.17. The number of nitrogens with two attached hydrogens (primary N) is 1. The quantitative estimate of drug-likeness (QED) is 0.747. The van der Waals surface area contributed by atoms with Crippen LogP contribution < -0.4 is 5.73 Å². The Bertz CT molecular complexity index is 493. The molecule has 0 aliphatic carbocycles. The molecule has 2 heterocycles. The normalized spacial score (nSPS) is 12.8. The third-order valence-electron chi connectivity index (χ3n) is 2.48. The third kappa shape index (κ3) is 2.74. The fourth-order valence-corrected chi connectivity index (χ4v) is 1.49. The van der Waals surface area contributed by atoms with Gasteiger partial charge in [0, 0.05) is 12.3 Å². The van der Waals surface area contributed by atoms with Crippen LogP contribution in [0.1, 0.15) is 30.9 Å². The zero-order valence-corrected chi connectivity index (χ0v) is 10.5. The average Bonchev–Trinajstić information content (AvgIpc) is 2.97. The predicted molar refractivity (Wildman–Crippen MR) is 64.7 cm³/mol. The van der Waals surface area contributed by atoms with Crippen LogP contribution in [0.3, 0.4) is 0 Å². The van der Waals surface area contributed by atoms with Gasteiger partial charge >= 0.3 is 0 Å². The van der Waals surface area contributed by atoms with Crippen LogP contribution in [0.2, 0.25) is 0 Å². The number of aromatic amines is 1. The van der Waals surface area contributed by atoms with Gasteiger partial charge in [-0.25, -0.2) is 0 Å². The van der Waals surface area contributed by atoms with Crippen LogP contribution in [-0.4, -0.2) is 33.6 Å². The van der Waals surface area contributed by atoms with Gasteiger partial charge in [0.05, 0.1) is 24.4 Å². The van der Waals surface area contributed by atoms with Gasteiger partial charge in [0.25, 0.3) is 5.89 Å². The van der Waals surface area contributed by atoms with Crippen LogP contribution in [0.5, 0.6) is 0 Å². The first-order valence-corrected chi connectivity index (χ1v) is 5.89. The minimum atomic E-state index is -0.374. The average molecular weight is 251 g/mol. The van der Waals surface area contributed by atoms with E-state index in [9.17, 15) is 0 Å². The molecule has 0 aromatic carbocycles. The molecule has 0 aliphatic rings. The molecule has 0 saturated heterocycles. The van der Waals surface area contributed by atoms with Crippen LogP contribution in [0.25, 0.3) is 11.5 Å². The summed E-state index contributed by atoms with van der Waals surface area (Å²) < 4.78 is 10.5. The van der Waals surface area contributed by atoms with Crippen molar-refractivity contribution in [3.05, 3.63) is 17.7 Å². The minimum Gasteiger partial charge on any atom is -0.379 e. The van der Waals surface area contributed by atoms with Crippen molar-refractivity contribution in [2.45, 2.75) is 26.3 Å². The zero-order chi connectivity index (χ0) is 13.0. The molecule has 0 radical (unpaired) electrons. The van der Waals surface area contributed by atoms with E-state index in [1.165, 1.54) is 0 Å². The molecule has 0 aliphatic heterocycles. The van der Waals surface area contributed by atoms with Crippen molar-refractivity contribution < 1.29 is 9.26 Å². The SMILES string of the molecule is CCCOCC(N)c1noc(-c2cn[nH]c2C)n1. The summed E-state index contributed by atoms with van der Waals surface area (Å²) in [6.45, 7) is 4.99. The smallest absolute Gasteiger partial charge is 0.261 e. The van der Waals surface area contributed by atoms with Crippen molar-refractivity contribution in [2.75, 3.05) is 13.2 Å². The van der Waals surface area contributed by atoms with Gasteiger partial charge in [-0.05, 0) is 13.3 Å². The summed E-state index contributed by atoms with van der Waals surface area (Å²) in [5.41, 5.74) is 7.57. The standard InChI is InChI=1S/C11H17N5O2/c1-3-4-17-6-9(12)10-14-11(18-16-10)8-5-13-15-7(8)2/h5,9H,3-4,6,12H2,1-2H3,(H,13,15). The van der Waals surface area contributed by atoms with Crippen molar-refractivity contribution >= 4 is 0 Å². The van der Waals surface area contributed by atoms with Gasteiger partial charge in [-0.2, -0.15) is 10.1 Å². The Morgan fingerprint density at radius 1 is 1.56 bits per heavy atom. The Labute approximate surface area is 105 Å². The zero-order valence-electron chi connectivity index (χ0n) is 10.5. The van der Waals surface area contributed by atoms with Crippen molar-refractivity contribution in [1.29, 1.82) is 0 Å². The van der Waals surface area contributed by atoms with E-state index in [1.807, 2.05) is 13.8 Å². The van der Waals surface area contributed by atoms with E-state index in [-0.39, 0.29) is 6.04 Å². The summed E-state index contributed by atoms with van der Waals surface area (Å²) in [6.07, 6.45) is 2.60. The van der Waals surface area contributed by atoms with Crippen LogP contribution >= 0.6 is 0 Å². The van der Waals surface area contributed by atoms with Crippen LogP contribution in [-0.2, 0) is 4.74 Å². The molecule has 0 saturated carbocycles. The van der Waals surface area contributed by atoms with Gasteiger partial charge in [-0.1, -0.05) is 12.1 Å². The molecule has 1 atom stereocenters. The molecule has 0 spiro atoms. The van der Waals surface area contributed by atoms with Crippen LogP contribution in [0.15, 0.2) is 10.7 Å². The summed E-state index contributed by atoms with van der Waals surface area (Å²) in [7, 11) is 0. The molecular weight excluding hydrogens is 234 g/mol. The van der Waals surface area contributed by atoms with E-state index in [1.54, 1.807) is 6.20 Å². The number of H-pyrrole nitrogens is 1. The summed E-state index contributed by atoms with van der Waals surface area (Å²) in [6, 6.07) is -0.374. The monoisotopic (exact) mass is 251 g/mol. The summed E-state index contributed by atoms with van der Waals surface area (Å²) in [4.78, 5) is 4.25. The number of hydrogen-bond donors (Lipinski definition) is 2. The summed E-state index contributed by atoms with van der Waals surface area (Å²) in [5.74, 6) is 0.865. The molecule has 1 unspecified atom stereocenters.